The molecule has 6 heteroatoms. The van der Waals surface area contributed by atoms with Crippen molar-refractivity contribution in [2.45, 2.75) is 18.4 Å². The standard InChI is InChI=1S/C12H10FN3O2/c13-8-1-3-9(4-2-8)16-10(17)7-12(11(16)18)5-6-14-15-12/h1-4H,5-7H2/t12-/m1/s1. The van der Waals surface area contributed by atoms with Gasteiger partial charge in [0.15, 0.2) is 5.54 Å². The number of amides is 2. The van der Waals surface area contributed by atoms with Crippen molar-refractivity contribution < 1.29 is 14.0 Å². The predicted molar refractivity (Wildman–Crippen MR) is 60.6 cm³/mol. The minimum Gasteiger partial charge on any atom is -0.274 e. The number of imide groups is 1. The van der Waals surface area contributed by atoms with Gasteiger partial charge < -0.3 is 0 Å². The van der Waals surface area contributed by atoms with E-state index in [1.807, 2.05) is 0 Å². The van der Waals surface area contributed by atoms with Gasteiger partial charge >= 0.3 is 0 Å². The molecule has 2 aliphatic rings. The maximum Gasteiger partial charge on any atom is 0.264 e. The largest absolute Gasteiger partial charge is 0.274 e. The Morgan fingerprint density at radius 2 is 1.94 bits per heavy atom. The molecule has 1 atom stereocenters. The summed E-state index contributed by atoms with van der Waals surface area (Å²) in [5, 5.41) is 7.74. The van der Waals surface area contributed by atoms with Crippen LogP contribution in [0.5, 0.6) is 0 Å². The van der Waals surface area contributed by atoms with Gasteiger partial charge in [-0.25, -0.2) is 9.29 Å². The number of carbonyl (C=O) groups excluding carboxylic acids is 2. The molecule has 0 saturated carbocycles. The first kappa shape index (κ1) is 11.0. The van der Waals surface area contributed by atoms with Crippen molar-refractivity contribution in [3.8, 4) is 0 Å². The van der Waals surface area contributed by atoms with Crippen LogP contribution in [0.2, 0.25) is 0 Å². The van der Waals surface area contributed by atoms with Gasteiger partial charge in [-0.05, 0) is 24.3 Å². The Kier molecular flexibility index (Phi) is 2.26. The van der Waals surface area contributed by atoms with Crippen LogP contribution in [0, 0.1) is 5.82 Å². The molecule has 1 saturated heterocycles. The van der Waals surface area contributed by atoms with Crippen LogP contribution in [0.15, 0.2) is 34.5 Å². The second-order valence-corrected chi connectivity index (χ2v) is 4.43. The van der Waals surface area contributed by atoms with Crippen molar-refractivity contribution >= 4 is 17.5 Å². The lowest BCUT2D eigenvalue weighted by Crippen LogP contribution is -2.38. The van der Waals surface area contributed by atoms with E-state index < -0.39 is 11.4 Å². The fraction of sp³-hybridized carbons (Fsp3) is 0.333. The maximum absolute atomic E-state index is 12.8. The van der Waals surface area contributed by atoms with Crippen LogP contribution in [-0.4, -0.2) is 23.9 Å². The number of azo groups is 1. The van der Waals surface area contributed by atoms with Crippen LogP contribution < -0.4 is 4.90 Å². The van der Waals surface area contributed by atoms with Crippen LogP contribution in [0.3, 0.4) is 0 Å². The molecule has 0 aromatic heterocycles. The van der Waals surface area contributed by atoms with E-state index in [1.54, 1.807) is 0 Å². The molecule has 2 aliphatic heterocycles. The number of benzene rings is 1. The third-order valence-corrected chi connectivity index (χ3v) is 3.27. The first-order valence-corrected chi connectivity index (χ1v) is 5.64. The van der Waals surface area contributed by atoms with E-state index in [0.717, 1.165) is 4.90 Å². The zero-order valence-electron chi connectivity index (χ0n) is 9.47. The average molecular weight is 247 g/mol. The fourth-order valence-electron chi connectivity index (χ4n) is 2.32. The number of carbonyl (C=O) groups is 2. The second-order valence-electron chi connectivity index (χ2n) is 4.43. The van der Waals surface area contributed by atoms with Gasteiger partial charge in [0.1, 0.15) is 5.82 Å². The Morgan fingerprint density at radius 1 is 1.22 bits per heavy atom. The summed E-state index contributed by atoms with van der Waals surface area (Å²) >= 11 is 0. The predicted octanol–water partition coefficient (Wildman–Crippen LogP) is 1.68. The molecule has 2 amide bonds. The van der Waals surface area contributed by atoms with Crippen molar-refractivity contribution in [2.75, 3.05) is 11.4 Å². The Morgan fingerprint density at radius 3 is 2.56 bits per heavy atom. The van der Waals surface area contributed by atoms with Crippen LogP contribution in [0.4, 0.5) is 10.1 Å². The van der Waals surface area contributed by atoms with Crippen molar-refractivity contribution in [1.82, 2.24) is 0 Å². The molecule has 1 aromatic carbocycles. The van der Waals surface area contributed by atoms with E-state index in [1.165, 1.54) is 24.3 Å². The summed E-state index contributed by atoms with van der Waals surface area (Å²) in [6.45, 7) is 0.469. The van der Waals surface area contributed by atoms with Crippen LogP contribution >= 0.6 is 0 Å². The molecule has 0 bridgehead atoms. The average Bonchev–Trinajstić information content (AvgIpc) is 2.89. The normalized spacial score (nSPS) is 26.6. The molecule has 92 valence electrons. The third kappa shape index (κ3) is 1.45. The van der Waals surface area contributed by atoms with Crippen LogP contribution in [0.1, 0.15) is 12.8 Å². The lowest BCUT2D eigenvalue weighted by molar-refractivity contribution is -0.122. The highest BCUT2D eigenvalue weighted by atomic mass is 19.1. The van der Waals surface area contributed by atoms with E-state index in [0.29, 0.717) is 18.7 Å². The minimum atomic E-state index is -1.01. The molecular formula is C12H10FN3O2. The highest BCUT2D eigenvalue weighted by Gasteiger charge is 2.54. The van der Waals surface area contributed by atoms with Gasteiger partial charge in [-0.2, -0.15) is 10.2 Å². The number of rotatable bonds is 1. The molecule has 18 heavy (non-hydrogen) atoms. The second kappa shape index (κ2) is 3.69. The first-order chi connectivity index (χ1) is 8.62. The Bertz CT molecular complexity index is 555. The molecular weight excluding hydrogens is 237 g/mol. The quantitative estimate of drug-likeness (QED) is 0.709. The topological polar surface area (TPSA) is 62.1 Å². The highest BCUT2D eigenvalue weighted by molar-refractivity contribution is 6.24. The molecule has 0 aliphatic carbocycles. The Balaban J connectivity index is 1.98. The van der Waals surface area contributed by atoms with E-state index in [2.05, 4.69) is 10.2 Å². The van der Waals surface area contributed by atoms with Gasteiger partial charge in [-0.1, -0.05) is 0 Å². The molecule has 1 aromatic rings. The summed E-state index contributed by atoms with van der Waals surface area (Å²) in [6, 6.07) is 5.26. The zero-order chi connectivity index (χ0) is 12.8. The summed E-state index contributed by atoms with van der Waals surface area (Å²) in [4.78, 5) is 25.3. The number of nitrogens with zero attached hydrogens (tertiary/aromatic N) is 3. The van der Waals surface area contributed by atoms with E-state index in [4.69, 9.17) is 0 Å². The zero-order valence-corrected chi connectivity index (χ0v) is 9.47. The molecule has 5 nitrogen and oxygen atoms in total. The number of hydrogen-bond donors (Lipinski definition) is 0. The van der Waals surface area contributed by atoms with Crippen LogP contribution in [0.25, 0.3) is 0 Å². The van der Waals surface area contributed by atoms with Gasteiger partial charge in [0.25, 0.3) is 5.91 Å². The minimum absolute atomic E-state index is 0.0483. The molecule has 0 radical (unpaired) electrons. The maximum atomic E-state index is 12.8. The number of hydrogen-bond acceptors (Lipinski definition) is 4. The third-order valence-electron chi connectivity index (χ3n) is 3.27. The summed E-state index contributed by atoms with van der Waals surface area (Å²) in [6.07, 6.45) is 0.516. The summed E-state index contributed by atoms with van der Waals surface area (Å²) in [7, 11) is 0. The monoisotopic (exact) mass is 247 g/mol. The Labute approximate surface area is 102 Å². The lowest BCUT2D eigenvalue weighted by Gasteiger charge is -2.17. The highest BCUT2D eigenvalue weighted by Crippen LogP contribution is 2.37. The van der Waals surface area contributed by atoms with E-state index in [-0.39, 0.29) is 18.2 Å². The molecule has 2 heterocycles. The molecule has 0 unspecified atom stereocenters. The summed E-state index contributed by atoms with van der Waals surface area (Å²) in [5.41, 5.74) is -0.628. The van der Waals surface area contributed by atoms with Crippen molar-refractivity contribution in [2.24, 2.45) is 10.2 Å². The van der Waals surface area contributed by atoms with Crippen molar-refractivity contribution in [3.63, 3.8) is 0 Å². The molecule has 1 spiro atoms. The van der Waals surface area contributed by atoms with Gasteiger partial charge in [0.05, 0.1) is 18.7 Å². The molecule has 0 N–H and O–H groups in total. The van der Waals surface area contributed by atoms with Gasteiger partial charge in [0.2, 0.25) is 5.91 Å². The van der Waals surface area contributed by atoms with E-state index in [9.17, 15) is 14.0 Å². The molecule has 1 fully saturated rings. The van der Waals surface area contributed by atoms with Crippen LogP contribution in [-0.2, 0) is 9.59 Å². The van der Waals surface area contributed by atoms with Gasteiger partial charge in [-0.15, -0.1) is 0 Å². The van der Waals surface area contributed by atoms with Crippen molar-refractivity contribution in [3.05, 3.63) is 30.1 Å². The Hall–Kier alpha value is -2.11. The lowest BCUT2D eigenvalue weighted by atomic mass is 9.96. The van der Waals surface area contributed by atoms with Crippen molar-refractivity contribution in [1.29, 1.82) is 0 Å². The van der Waals surface area contributed by atoms with Gasteiger partial charge in [-0.3, -0.25) is 9.59 Å². The fourth-order valence-corrected chi connectivity index (χ4v) is 2.32. The molecule has 3 rings (SSSR count). The van der Waals surface area contributed by atoms with Gasteiger partial charge in [0, 0.05) is 6.42 Å². The summed E-state index contributed by atoms with van der Waals surface area (Å²) in [5.74, 6) is -1.08. The SMILES string of the molecule is O=C1C[C@]2(CCN=N2)C(=O)N1c1ccc(F)cc1. The number of anilines is 1. The summed E-state index contributed by atoms with van der Waals surface area (Å²) < 4.78 is 12.8. The number of halogens is 1. The van der Waals surface area contributed by atoms with E-state index >= 15 is 0 Å². The first-order valence-electron chi connectivity index (χ1n) is 5.64. The smallest absolute Gasteiger partial charge is 0.264 e.